The van der Waals surface area contributed by atoms with E-state index < -0.39 is 0 Å². The molecule has 0 N–H and O–H groups in total. The van der Waals surface area contributed by atoms with Crippen LogP contribution >= 0.6 is 0 Å². The number of para-hydroxylation sites is 1. The Labute approximate surface area is 167 Å². The van der Waals surface area contributed by atoms with Crippen molar-refractivity contribution in [3.63, 3.8) is 0 Å². The van der Waals surface area contributed by atoms with E-state index in [1.807, 2.05) is 41.3 Å². The molecule has 1 saturated heterocycles. The van der Waals surface area contributed by atoms with Crippen molar-refractivity contribution < 1.29 is 14.3 Å². The standard InChI is InChI=1S/C24H29NO3/c1-24(2)16-20-8-7-9-21(22(20)28-24)27-17-18-10-12-19(13-11-18)23(26)25-14-5-3-4-6-15-25/h7-13H,3-6,14-17H2,1-2H3. The number of hydrogen-bond acceptors (Lipinski definition) is 3. The van der Waals surface area contributed by atoms with E-state index in [0.29, 0.717) is 6.61 Å². The van der Waals surface area contributed by atoms with Gasteiger partial charge in [-0.25, -0.2) is 0 Å². The van der Waals surface area contributed by atoms with Crippen LogP contribution in [0.5, 0.6) is 11.5 Å². The van der Waals surface area contributed by atoms with Gasteiger partial charge in [0.05, 0.1) is 0 Å². The minimum absolute atomic E-state index is 0.144. The third-order valence-electron chi connectivity index (χ3n) is 5.54. The van der Waals surface area contributed by atoms with Gasteiger partial charge >= 0.3 is 0 Å². The lowest BCUT2D eigenvalue weighted by atomic mass is 10.0. The number of hydrogen-bond donors (Lipinski definition) is 0. The van der Waals surface area contributed by atoms with Crippen LogP contribution in [-0.4, -0.2) is 29.5 Å². The molecule has 4 heteroatoms. The molecule has 1 amide bonds. The monoisotopic (exact) mass is 379 g/mol. The van der Waals surface area contributed by atoms with E-state index >= 15 is 0 Å². The summed E-state index contributed by atoms with van der Waals surface area (Å²) in [5.74, 6) is 1.79. The number of rotatable bonds is 4. The van der Waals surface area contributed by atoms with Crippen molar-refractivity contribution in [3.8, 4) is 11.5 Å². The number of carbonyl (C=O) groups excluding carboxylic acids is 1. The molecule has 1 fully saturated rings. The predicted molar refractivity (Wildman–Crippen MR) is 110 cm³/mol. The molecular weight excluding hydrogens is 350 g/mol. The van der Waals surface area contributed by atoms with Gasteiger partial charge in [0.1, 0.15) is 12.2 Å². The van der Waals surface area contributed by atoms with Crippen molar-refractivity contribution in [2.75, 3.05) is 13.1 Å². The van der Waals surface area contributed by atoms with E-state index in [2.05, 4.69) is 19.9 Å². The van der Waals surface area contributed by atoms with E-state index in [4.69, 9.17) is 9.47 Å². The van der Waals surface area contributed by atoms with Crippen LogP contribution in [0.25, 0.3) is 0 Å². The molecule has 4 rings (SSSR count). The first-order valence-corrected chi connectivity index (χ1v) is 10.3. The molecule has 4 nitrogen and oxygen atoms in total. The summed E-state index contributed by atoms with van der Waals surface area (Å²) in [6.07, 6.45) is 5.57. The molecular formula is C24H29NO3. The van der Waals surface area contributed by atoms with Crippen LogP contribution < -0.4 is 9.47 Å². The fourth-order valence-corrected chi connectivity index (χ4v) is 4.06. The Bertz CT molecular complexity index is 833. The summed E-state index contributed by atoms with van der Waals surface area (Å²) in [6, 6.07) is 13.9. The van der Waals surface area contributed by atoms with Crippen LogP contribution in [0.15, 0.2) is 42.5 Å². The maximum Gasteiger partial charge on any atom is 0.253 e. The average Bonchev–Trinajstić information content (AvgIpc) is 2.85. The summed E-state index contributed by atoms with van der Waals surface area (Å²) in [6.45, 7) is 6.39. The summed E-state index contributed by atoms with van der Waals surface area (Å²) >= 11 is 0. The number of ether oxygens (including phenoxy) is 2. The van der Waals surface area contributed by atoms with Crippen molar-refractivity contribution in [1.29, 1.82) is 0 Å². The number of nitrogens with zero attached hydrogens (tertiary/aromatic N) is 1. The van der Waals surface area contributed by atoms with Crippen LogP contribution in [0.3, 0.4) is 0 Å². The molecule has 2 aromatic rings. The molecule has 2 heterocycles. The quantitative estimate of drug-likeness (QED) is 0.751. The van der Waals surface area contributed by atoms with Gasteiger partial charge in [0, 0.05) is 30.6 Å². The molecule has 0 unspecified atom stereocenters. The maximum absolute atomic E-state index is 12.7. The average molecular weight is 380 g/mol. The summed E-state index contributed by atoms with van der Waals surface area (Å²) in [7, 11) is 0. The van der Waals surface area contributed by atoms with E-state index in [9.17, 15) is 4.79 Å². The molecule has 0 bridgehead atoms. The molecule has 2 aliphatic heterocycles. The van der Waals surface area contributed by atoms with E-state index in [0.717, 1.165) is 55.0 Å². The molecule has 0 spiro atoms. The van der Waals surface area contributed by atoms with Crippen LogP contribution in [0.2, 0.25) is 0 Å². The van der Waals surface area contributed by atoms with E-state index in [-0.39, 0.29) is 11.5 Å². The summed E-state index contributed by atoms with van der Waals surface area (Å²) < 4.78 is 12.1. The highest BCUT2D eigenvalue weighted by atomic mass is 16.5. The Balaban J connectivity index is 1.39. The zero-order valence-corrected chi connectivity index (χ0v) is 16.9. The van der Waals surface area contributed by atoms with Crippen molar-refractivity contribution in [1.82, 2.24) is 4.90 Å². The van der Waals surface area contributed by atoms with Crippen molar-refractivity contribution >= 4 is 5.91 Å². The number of likely N-dealkylation sites (tertiary alicyclic amines) is 1. The Morgan fingerprint density at radius 3 is 2.46 bits per heavy atom. The number of fused-ring (bicyclic) bond motifs is 1. The van der Waals surface area contributed by atoms with Crippen LogP contribution in [0.1, 0.15) is 61.0 Å². The second kappa shape index (κ2) is 7.86. The molecule has 148 valence electrons. The van der Waals surface area contributed by atoms with E-state index in [1.165, 1.54) is 18.4 Å². The minimum Gasteiger partial charge on any atom is -0.485 e. The maximum atomic E-state index is 12.7. The first-order chi connectivity index (χ1) is 13.5. The number of carbonyl (C=O) groups is 1. The molecule has 0 saturated carbocycles. The lowest BCUT2D eigenvalue weighted by Gasteiger charge is -2.20. The van der Waals surface area contributed by atoms with Crippen LogP contribution in [0, 0.1) is 0 Å². The Morgan fingerprint density at radius 1 is 1.04 bits per heavy atom. The fraction of sp³-hybridized carbons (Fsp3) is 0.458. The van der Waals surface area contributed by atoms with E-state index in [1.54, 1.807) is 0 Å². The molecule has 0 aliphatic carbocycles. The highest BCUT2D eigenvalue weighted by Crippen LogP contribution is 2.41. The Hall–Kier alpha value is -2.49. The van der Waals surface area contributed by atoms with Crippen molar-refractivity contribution in [2.45, 2.75) is 58.2 Å². The van der Waals surface area contributed by atoms with Crippen LogP contribution in [0.4, 0.5) is 0 Å². The summed E-state index contributed by atoms with van der Waals surface area (Å²) in [5.41, 5.74) is 2.82. The molecule has 2 aliphatic rings. The fourth-order valence-electron chi connectivity index (χ4n) is 4.06. The van der Waals surface area contributed by atoms with Gasteiger partial charge in [-0.1, -0.05) is 37.1 Å². The van der Waals surface area contributed by atoms with Crippen molar-refractivity contribution in [2.24, 2.45) is 0 Å². The highest BCUT2D eigenvalue weighted by molar-refractivity contribution is 5.94. The molecule has 0 radical (unpaired) electrons. The Morgan fingerprint density at radius 2 is 1.75 bits per heavy atom. The minimum atomic E-state index is -0.183. The van der Waals surface area contributed by atoms with Crippen molar-refractivity contribution in [3.05, 3.63) is 59.2 Å². The van der Waals surface area contributed by atoms with Gasteiger partial charge in [-0.15, -0.1) is 0 Å². The zero-order valence-electron chi connectivity index (χ0n) is 16.9. The number of amides is 1. The second-order valence-electron chi connectivity index (χ2n) is 8.47. The topological polar surface area (TPSA) is 38.8 Å². The largest absolute Gasteiger partial charge is 0.485 e. The SMILES string of the molecule is CC1(C)Cc2cccc(OCc3ccc(C(=O)N4CCCCCC4)cc3)c2O1. The lowest BCUT2D eigenvalue weighted by Crippen LogP contribution is -2.31. The highest BCUT2D eigenvalue weighted by Gasteiger charge is 2.32. The molecule has 2 aromatic carbocycles. The van der Waals surface area contributed by atoms with Gasteiger partial charge in [0.15, 0.2) is 11.5 Å². The smallest absolute Gasteiger partial charge is 0.253 e. The van der Waals surface area contributed by atoms with Gasteiger partial charge in [-0.2, -0.15) is 0 Å². The third-order valence-corrected chi connectivity index (χ3v) is 5.54. The van der Waals surface area contributed by atoms with Crippen LogP contribution in [-0.2, 0) is 13.0 Å². The Kier molecular flexibility index (Phi) is 5.29. The zero-order chi connectivity index (χ0) is 19.6. The molecule has 28 heavy (non-hydrogen) atoms. The third kappa shape index (κ3) is 4.16. The predicted octanol–water partition coefficient (Wildman–Crippen LogP) is 5.00. The summed E-state index contributed by atoms with van der Waals surface area (Å²) in [5, 5.41) is 0. The van der Waals surface area contributed by atoms with Gasteiger partial charge in [-0.05, 0) is 50.5 Å². The first kappa shape index (κ1) is 18.9. The van der Waals surface area contributed by atoms with Gasteiger partial charge in [0.25, 0.3) is 5.91 Å². The van der Waals surface area contributed by atoms with Gasteiger partial charge < -0.3 is 14.4 Å². The number of benzene rings is 2. The van der Waals surface area contributed by atoms with Gasteiger partial charge in [-0.3, -0.25) is 4.79 Å². The molecule has 0 atom stereocenters. The first-order valence-electron chi connectivity index (χ1n) is 10.3. The lowest BCUT2D eigenvalue weighted by molar-refractivity contribution is 0.0761. The molecule has 0 aromatic heterocycles. The summed E-state index contributed by atoms with van der Waals surface area (Å²) in [4.78, 5) is 14.7. The van der Waals surface area contributed by atoms with Gasteiger partial charge in [0.2, 0.25) is 0 Å². The normalized spacial score (nSPS) is 18.1. The second-order valence-corrected chi connectivity index (χ2v) is 8.47.